The van der Waals surface area contributed by atoms with Crippen molar-refractivity contribution in [3.63, 3.8) is 0 Å². The second kappa shape index (κ2) is 4.72. The molecule has 0 bridgehead atoms. The third kappa shape index (κ3) is 2.16. The monoisotopic (exact) mass is 259 g/mol. The molecule has 0 radical (unpaired) electrons. The fourth-order valence-corrected chi connectivity index (χ4v) is 2.28. The van der Waals surface area contributed by atoms with Gasteiger partial charge < -0.3 is 10.1 Å². The lowest BCUT2D eigenvalue weighted by Gasteiger charge is -2.18. The molecule has 0 fully saturated rings. The molecular formula is C13H13N3O3. The first kappa shape index (κ1) is 11.7. The molecule has 0 N–H and O–H groups in total. The molecule has 1 aromatic heterocycles. The van der Waals surface area contributed by atoms with Crippen LogP contribution in [0.2, 0.25) is 0 Å². The normalized spacial score (nSPS) is 15.2. The fourth-order valence-electron chi connectivity index (χ4n) is 2.28. The molecule has 6 heteroatoms. The molecule has 0 spiro atoms. The van der Waals surface area contributed by atoms with E-state index in [1.807, 2.05) is 30.3 Å². The van der Waals surface area contributed by atoms with Gasteiger partial charge in [-0.1, -0.05) is 30.3 Å². The Morgan fingerprint density at radius 3 is 2.95 bits per heavy atom. The van der Waals surface area contributed by atoms with Crippen molar-refractivity contribution in [3.05, 3.63) is 52.5 Å². The van der Waals surface area contributed by atoms with E-state index in [0.717, 1.165) is 12.0 Å². The van der Waals surface area contributed by atoms with Gasteiger partial charge in [0.25, 0.3) is 0 Å². The molecule has 3 rings (SSSR count). The van der Waals surface area contributed by atoms with E-state index < -0.39 is 0 Å². The Labute approximate surface area is 109 Å². The van der Waals surface area contributed by atoms with Gasteiger partial charge in [-0.15, -0.1) is 0 Å². The largest absolute Gasteiger partial charge is 0.359 e. The first-order chi connectivity index (χ1) is 9.25. The molecule has 1 aliphatic heterocycles. The van der Waals surface area contributed by atoms with Gasteiger partial charge in [0.05, 0.1) is 5.16 Å². The smallest absolute Gasteiger partial charge is 0.308 e. The molecule has 0 aliphatic carbocycles. The number of nitrogens with zero attached hydrogens (tertiary/aromatic N) is 3. The van der Waals surface area contributed by atoms with Crippen LogP contribution < -0.4 is 4.90 Å². The SMILES string of the molecule is O=C1c2no[n+]([O-])c2CCCN1Cc1ccccc1. The van der Waals surface area contributed by atoms with Crippen LogP contribution in [0, 0.1) is 5.21 Å². The molecule has 1 aromatic carbocycles. The van der Waals surface area contributed by atoms with Gasteiger partial charge in [0.2, 0.25) is 5.69 Å². The summed E-state index contributed by atoms with van der Waals surface area (Å²) in [6.45, 7) is 1.13. The average molecular weight is 259 g/mol. The first-order valence-corrected chi connectivity index (χ1v) is 6.17. The quantitative estimate of drug-likeness (QED) is 0.751. The number of fused-ring (bicyclic) bond motifs is 1. The second-order valence-corrected chi connectivity index (χ2v) is 4.54. The van der Waals surface area contributed by atoms with E-state index in [2.05, 4.69) is 9.79 Å². The molecular weight excluding hydrogens is 246 g/mol. The number of amides is 1. The number of hydrogen-bond acceptors (Lipinski definition) is 4. The zero-order valence-corrected chi connectivity index (χ0v) is 10.3. The van der Waals surface area contributed by atoms with Crippen molar-refractivity contribution in [1.82, 2.24) is 10.1 Å². The third-order valence-corrected chi connectivity index (χ3v) is 3.25. The number of aromatic nitrogens is 2. The molecule has 6 nitrogen and oxygen atoms in total. The number of carbonyl (C=O) groups excluding carboxylic acids is 1. The molecule has 0 atom stereocenters. The van der Waals surface area contributed by atoms with E-state index in [-0.39, 0.29) is 11.6 Å². The summed E-state index contributed by atoms with van der Waals surface area (Å²) < 4.78 is 4.51. The van der Waals surface area contributed by atoms with Crippen LogP contribution >= 0.6 is 0 Å². The maximum absolute atomic E-state index is 12.3. The molecule has 1 aliphatic rings. The molecule has 2 aromatic rings. The number of carbonyl (C=O) groups is 1. The predicted octanol–water partition coefficient (Wildman–Crippen LogP) is 0.897. The lowest BCUT2D eigenvalue weighted by molar-refractivity contribution is -0.807. The lowest BCUT2D eigenvalue weighted by Crippen LogP contribution is -2.31. The van der Waals surface area contributed by atoms with Crippen molar-refractivity contribution in [2.24, 2.45) is 0 Å². The van der Waals surface area contributed by atoms with Gasteiger partial charge in [-0.2, -0.15) is 0 Å². The van der Waals surface area contributed by atoms with E-state index in [4.69, 9.17) is 0 Å². The van der Waals surface area contributed by atoms with Gasteiger partial charge in [0.1, 0.15) is 0 Å². The number of benzene rings is 1. The van der Waals surface area contributed by atoms with Crippen molar-refractivity contribution in [1.29, 1.82) is 0 Å². The van der Waals surface area contributed by atoms with Crippen molar-refractivity contribution in [2.45, 2.75) is 19.4 Å². The minimum Gasteiger partial charge on any atom is -0.359 e. The second-order valence-electron chi connectivity index (χ2n) is 4.54. The minimum absolute atomic E-state index is 0.142. The average Bonchev–Trinajstić information content (AvgIpc) is 2.72. The van der Waals surface area contributed by atoms with E-state index in [1.165, 1.54) is 0 Å². The zero-order chi connectivity index (χ0) is 13.2. The summed E-state index contributed by atoms with van der Waals surface area (Å²) in [5.41, 5.74) is 1.53. The highest BCUT2D eigenvalue weighted by molar-refractivity contribution is 5.93. The van der Waals surface area contributed by atoms with Gasteiger partial charge in [-0.25, -0.2) is 0 Å². The van der Waals surface area contributed by atoms with Crippen molar-refractivity contribution in [3.8, 4) is 0 Å². The molecule has 0 saturated carbocycles. The molecule has 0 saturated heterocycles. The van der Waals surface area contributed by atoms with Crippen LogP contribution in [-0.2, 0) is 13.0 Å². The predicted molar refractivity (Wildman–Crippen MR) is 65.0 cm³/mol. The summed E-state index contributed by atoms with van der Waals surface area (Å²) in [5, 5.41) is 14.9. The first-order valence-electron chi connectivity index (χ1n) is 6.17. The summed E-state index contributed by atoms with van der Waals surface area (Å²) in [6, 6.07) is 9.74. The fraction of sp³-hybridized carbons (Fsp3) is 0.308. The van der Waals surface area contributed by atoms with Crippen LogP contribution in [0.15, 0.2) is 35.0 Å². The standard InChI is InChI=1S/C13H13N3O3/c17-13-12-11(16(18)19-14-12)7-4-8-15(13)9-10-5-2-1-3-6-10/h1-3,5-6H,4,7-9H2. The zero-order valence-electron chi connectivity index (χ0n) is 10.3. The van der Waals surface area contributed by atoms with Gasteiger partial charge in [0.15, 0.2) is 0 Å². The van der Waals surface area contributed by atoms with E-state index in [9.17, 15) is 10.0 Å². The molecule has 2 heterocycles. The van der Waals surface area contributed by atoms with Crippen LogP contribution in [-0.4, -0.2) is 22.5 Å². The number of rotatable bonds is 2. The van der Waals surface area contributed by atoms with E-state index in [0.29, 0.717) is 30.1 Å². The van der Waals surface area contributed by atoms with Crippen LogP contribution in [0.3, 0.4) is 0 Å². The van der Waals surface area contributed by atoms with Crippen molar-refractivity contribution in [2.75, 3.05) is 6.54 Å². The van der Waals surface area contributed by atoms with Crippen molar-refractivity contribution < 1.29 is 14.3 Å². The highest BCUT2D eigenvalue weighted by Gasteiger charge is 2.32. The molecule has 98 valence electrons. The summed E-state index contributed by atoms with van der Waals surface area (Å²) in [5.74, 6) is -0.241. The highest BCUT2D eigenvalue weighted by Crippen LogP contribution is 2.16. The Morgan fingerprint density at radius 2 is 2.16 bits per heavy atom. The van der Waals surface area contributed by atoms with Crippen LogP contribution in [0.25, 0.3) is 0 Å². The molecule has 0 unspecified atom stereocenters. The Kier molecular flexibility index (Phi) is 2.91. The number of hydrogen-bond donors (Lipinski definition) is 0. The summed E-state index contributed by atoms with van der Waals surface area (Å²) >= 11 is 0. The molecule has 1 amide bonds. The maximum Gasteiger partial charge on any atom is 0.308 e. The third-order valence-electron chi connectivity index (χ3n) is 3.25. The van der Waals surface area contributed by atoms with Crippen molar-refractivity contribution >= 4 is 5.91 Å². The summed E-state index contributed by atoms with van der Waals surface area (Å²) in [6.07, 6.45) is 1.24. The Balaban J connectivity index is 1.86. The van der Waals surface area contributed by atoms with E-state index in [1.54, 1.807) is 4.90 Å². The topological polar surface area (TPSA) is 73.3 Å². The van der Waals surface area contributed by atoms with Crippen LogP contribution in [0.5, 0.6) is 0 Å². The van der Waals surface area contributed by atoms with Gasteiger partial charge in [-0.05, 0) is 16.9 Å². The van der Waals surface area contributed by atoms with Gasteiger partial charge in [0, 0.05) is 19.5 Å². The van der Waals surface area contributed by atoms with E-state index >= 15 is 0 Å². The summed E-state index contributed by atoms with van der Waals surface area (Å²) in [4.78, 5) is 14.3. The summed E-state index contributed by atoms with van der Waals surface area (Å²) in [7, 11) is 0. The highest BCUT2D eigenvalue weighted by atomic mass is 16.8. The van der Waals surface area contributed by atoms with Gasteiger partial charge >= 0.3 is 11.6 Å². The van der Waals surface area contributed by atoms with Crippen LogP contribution in [0.4, 0.5) is 0 Å². The Morgan fingerprint density at radius 1 is 1.37 bits per heavy atom. The molecule has 19 heavy (non-hydrogen) atoms. The van der Waals surface area contributed by atoms with Gasteiger partial charge in [-0.3, -0.25) is 9.42 Å². The van der Waals surface area contributed by atoms with Crippen LogP contribution in [0.1, 0.15) is 28.2 Å². The Hall–Kier alpha value is -2.37. The Bertz CT molecular complexity index is 594. The minimum atomic E-state index is -0.241. The maximum atomic E-state index is 12.3. The lowest BCUT2D eigenvalue weighted by atomic mass is 10.2.